The van der Waals surface area contributed by atoms with E-state index in [4.69, 9.17) is 10.5 Å². The van der Waals surface area contributed by atoms with Gasteiger partial charge in [-0.1, -0.05) is 12.8 Å². The zero-order valence-electron chi connectivity index (χ0n) is 11.8. The Hall–Kier alpha value is -0.720. The van der Waals surface area contributed by atoms with E-state index < -0.39 is 0 Å². The molecule has 0 aliphatic heterocycles. The Bertz CT molecular complexity index is 461. The fourth-order valence-corrected chi connectivity index (χ4v) is 3.46. The summed E-state index contributed by atoms with van der Waals surface area (Å²) in [6, 6.07) is 0. The van der Waals surface area contributed by atoms with Gasteiger partial charge in [0.25, 0.3) is 0 Å². The molecular weight excluding hydrogens is 322 g/mol. The zero-order chi connectivity index (χ0) is 14.5. The summed E-state index contributed by atoms with van der Waals surface area (Å²) in [4.78, 5) is 12.8. The Kier molecular flexibility index (Phi) is 5.74. The lowest BCUT2D eigenvalue weighted by Gasteiger charge is -2.29. The molecule has 0 amide bonds. The minimum Gasteiger partial charge on any atom is -0.383 e. The third kappa shape index (κ3) is 3.30. The molecule has 0 saturated heterocycles. The Morgan fingerprint density at radius 1 is 1.55 bits per heavy atom. The molecule has 0 spiro atoms. The smallest absolute Gasteiger partial charge is 0.185 e. The number of nitrogens with two attached hydrogens (primary N) is 1. The van der Waals surface area contributed by atoms with Crippen LogP contribution >= 0.6 is 15.9 Å². The number of carbonyl (C=O) groups excluding carboxylic acids is 1. The lowest BCUT2D eigenvalue weighted by atomic mass is 9.76. The number of ketones is 1. The van der Waals surface area contributed by atoms with Crippen molar-refractivity contribution in [3.8, 4) is 0 Å². The quantitative estimate of drug-likeness (QED) is 0.804. The van der Waals surface area contributed by atoms with Crippen molar-refractivity contribution >= 4 is 21.7 Å². The molecular formula is C14H22BrN3O2. The first-order valence-corrected chi connectivity index (χ1v) is 7.92. The van der Waals surface area contributed by atoms with Crippen LogP contribution in [0.5, 0.6) is 0 Å². The zero-order valence-corrected chi connectivity index (χ0v) is 13.4. The number of aromatic nitrogens is 2. The second kappa shape index (κ2) is 7.33. The van der Waals surface area contributed by atoms with Gasteiger partial charge in [-0.2, -0.15) is 5.10 Å². The van der Waals surface area contributed by atoms with Crippen LogP contribution in [0.2, 0.25) is 0 Å². The van der Waals surface area contributed by atoms with Crippen molar-refractivity contribution in [1.29, 1.82) is 0 Å². The normalized spacial score (nSPS) is 22.9. The summed E-state index contributed by atoms with van der Waals surface area (Å²) in [6.45, 7) is 1.71. The van der Waals surface area contributed by atoms with E-state index in [9.17, 15) is 4.79 Å². The number of rotatable bonds is 6. The first kappa shape index (κ1) is 15.7. The topological polar surface area (TPSA) is 70.1 Å². The van der Waals surface area contributed by atoms with Crippen molar-refractivity contribution in [3.63, 3.8) is 0 Å². The van der Waals surface area contributed by atoms with Crippen LogP contribution in [0.1, 0.15) is 36.2 Å². The van der Waals surface area contributed by atoms with Crippen LogP contribution in [0.3, 0.4) is 0 Å². The third-order valence-electron chi connectivity index (χ3n) is 4.08. The van der Waals surface area contributed by atoms with Crippen LogP contribution in [0.4, 0.5) is 0 Å². The van der Waals surface area contributed by atoms with Gasteiger partial charge in [0.15, 0.2) is 5.78 Å². The van der Waals surface area contributed by atoms with Gasteiger partial charge in [0, 0.05) is 13.0 Å². The minimum atomic E-state index is 0.0306. The summed E-state index contributed by atoms with van der Waals surface area (Å²) in [6.07, 6.45) is 5.95. The highest BCUT2D eigenvalue weighted by Gasteiger charge is 2.33. The Labute approximate surface area is 128 Å². The van der Waals surface area contributed by atoms with Crippen molar-refractivity contribution < 1.29 is 9.53 Å². The van der Waals surface area contributed by atoms with Gasteiger partial charge in [-0.15, -0.1) is 0 Å². The van der Waals surface area contributed by atoms with E-state index >= 15 is 0 Å². The van der Waals surface area contributed by atoms with Crippen LogP contribution < -0.4 is 5.73 Å². The molecule has 2 N–H and O–H groups in total. The molecule has 1 aliphatic carbocycles. The molecule has 20 heavy (non-hydrogen) atoms. The highest BCUT2D eigenvalue weighted by Crippen LogP contribution is 2.33. The molecule has 2 unspecified atom stereocenters. The first-order chi connectivity index (χ1) is 9.69. The summed E-state index contributed by atoms with van der Waals surface area (Å²) >= 11 is 3.44. The van der Waals surface area contributed by atoms with Crippen LogP contribution in [-0.4, -0.2) is 35.8 Å². The number of nitrogens with zero attached hydrogens (tertiary/aromatic N) is 2. The maximum atomic E-state index is 12.8. The fraction of sp³-hybridized carbons (Fsp3) is 0.714. The molecule has 2 atom stereocenters. The maximum absolute atomic E-state index is 12.8. The van der Waals surface area contributed by atoms with Gasteiger partial charge in [0.1, 0.15) is 5.69 Å². The van der Waals surface area contributed by atoms with Crippen molar-refractivity contribution in [2.24, 2.45) is 17.6 Å². The minimum absolute atomic E-state index is 0.0306. The van der Waals surface area contributed by atoms with Crippen LogP contribution in [0, 0.1) is 11.8 Å². The highest BCUT2D eigenvalue weighted by atomic mass is 79.9. The Morgan fingerprint density at radius 2 is 2.30 bits per heavy atom. The Morgan fingerprint density at radius 3 is 3.00 bits per heavy atom. The van der Waals surface area contributed by atoms with Gasteiger partial charge in [0.05, 0.1) is 23.8 Å². The van der Waals surface area contributed by atoms with Crippen LogP contribution in [-0.2, 0) is 11.3 Å². The SMILES string of the molecule is COCCn1ncc(Br)c1C(=O)C1CCCCC1CN. The van der Waals surface area contributed by atoms with Gasteiger partial charge < -0.3 is 10.5 Å². The molecule has 6 heteroatoms. The molecule has 1 aromatic heterocycles. The standard InChI is InChI=1S/C14H22BrN3O2/c1-20-7-6-18-13(12(15)9-17-18)14(19)11-5-3-2-4-10(11)8-16/h9-11H,2-8,16H2,1H3. The number of hydrogen-bond donors (Lipinski definition) is 1. The van der Waals surface area contributed by atoms with Crippen molar-refractivity contribution in [3.05, 3.63) is 16.4 Å². The lowest BCUT2D eigenvalue weighted by Crippen LogP contribution is -2.33. The number of carbonyl (C=O) groups is 1. The van der Waals surface area contributed by atoms with E-state index in [0.29, 0.717) is 31.3 Å². The number of methoxy groups -OCH3 is 1. The van der Waals surface area contributed by atoms with Crippen LogP contribution in [0.25, 0.3) is 0 Å². The second-order valence-corrected chi connectivity index (χ2v) is 6.16. The molecule has 2 rings (SSSR count). The average molecular weight is 344 g/mol. The van der Waals surface area contributed by atoms with Gasteiger partial charge in [0.2, 0.25) is 0 Å². The number of Topliss-reactive ketones (excluding diaryl/α,β-unsaturated/α-hetero) is 1. The highest BCUT2D eigenvalue weighted by molar-refractivity contribution is 9.10. The van der Waals surface area contributed by atoms with Gasteiger partial charge in [-0.05, 0) is 41.2 Å². The largest absolute Gasteiger partial charge is 0.383 e. The van der Waals surface area contributed by atoms with E-state index in [1.165, 1.54) is 6.42 Å². The molecule has 1 fully saturated rings. The Balaban J connectivity index is 2.21. The molecule has 1 saturated carbocycles. The summed E-state index contributed by atoms with van der Waals surface area (Å²) in [5.74, 6) is 0.498. The summed E-state index contributed by atoms with van der Waals surface area (Å²) in [5, 5.41) is 4.26. The molecule has 5 nitrogen and oxygen atoms in total. The van der Waals surface area contributed by atoms with E-state index in [2.05, 4.69) is 21.0 Å². The van der Waals surface area contributed by atoms with Crippen molar-refractivity contribution in [2.75, 3.05) is 20.3 Å². The molecule has 1 heterocycles. The fourth-order valence-electron chi connectivity index (χ4n) is 2.97. The summed E-state index contributed by atoms with van der Waals surface area (Å²) in [5.41, 5.74) is 6.49. The number of hydrogen-bond acceptors (Lipinski definition) is 4. The van der Waals surface area contributed by atoms with E-state index in [0.717, 1.165) is 23.7 Å². The van der Waals surface area contributed by atoms with E-state index in [1.807, 2.05) is 0 Å². The summed E-state index contributed by atoms with van der Waals surface area (Å²) < 4.78 is 7.57. The molecule has 1 aliphatic rings. The molecule has 0 radical (unpaired) electrons. The monoisotopic (exact) mass is 343 g/mol. The first-order valence-electron chi connectivity index (χ1n) is 7.13. The van der Waals surface area contributed by atoms with Crippen molar-refractivity contribution in [1.82, 2.24) is 9.78 Å². The van der Waals surface area contributed by atoms with Crippen molar-refractivity contribution in [2.45, 2.75) is 32.2 Å². The van der Waals surface area contributed by atoms with Gasteiger partial charge in [-0.25, -0.2) is 0 Å². The maximum Gasteiger partial charge on any atom is 0.185 e. The third-order valence-corrected chi connectivity index (χ3v) is 4.66. The lowest BCUT2D eigenvalue weighted by molar-refractivity contribution is 0.0814. The van der Waals surface area contributed by atoms with Gasteiger partial charge in [-0.3, -0.25) is 9.48 Å². The molecule has 1 aromatic rings. The van der Waals surface area contributed by atoms with E-state index in [1.54, 1.807) is 18.0 Å². The second-order valence-electron chi connectivity index (χ2n) is 5.31. The number of ether oxygens (including phenoxy) is 1. The molecule has 0 aromatic carbocycles. The van der Waals surface area contributed by atoms with Crippen LogP contribution in [0.15, 0.2) is 10.7 Å². The molecule has 112 valence electrons. The summed E-state index contributed by atoms with van der Waals surface area (Å²) in [7, 11) is 1.64. The van der Waals surface area contributed by atoms with Gasteiger partial charge >= 0.3 is 0 Å². The molecule has 0 bridgehead atoms. The number of halogens is 1. The average Bonchev–Trinajstić information content (AvgIpc) is 2.85. The van der Waals surface area contributed by atoms with E-state index in [-0.39, 0.29) is 11.7 Å². The predicted octanol–water partition coefficient (Wildman–Crippen LogP) is 2.24. The predicted molar refractivity (Wildman–Crippen MR) is 80.6 cm³/mol.